The van der Waals surface area contributed by atoms with Crippen LogP contribution >= 0.6 is 0 Å². The number of rotatable bonds is 8. The van der Waals surface area contributed by atoms with Crippen molar-refractivity contribution in [3.8, 4) is 16.9 Å². The Hall–Kier alpha value is -4.18. The Labute approximate surface area is 240 Å². The Morgan fingerprint density at radius 1 is 1.05 bits per heavy atom. The molecule has 0 saturated carbocycles. The molecule has 41 heavy (non-hydrogen) atoms. The second-order valence-corrected chi connectivity index (χ2v) is 11.3. The van der Waals surface area contributed by atoms with Gasteiger partial charge in [0.1, 0.15) is 23.6 Å². The van der Waals surface area contributed by atoms with Crippen LogP contribution in [0.2, 0.25) is 0 Å². The van der Waals surface area contributed by atoms with Gasteiger partial charge in [-0.3, -0.25) is 14.0 Å². The molecule has 4 aromatic heterocycles. The molecule has 0 atom stereocenters. The Bertz CT molecular complexity index is 1600. The van der Waals surface area contributed by atoms with Crippen molar-refractivity contribution in [3.05, 3.63) is 75.9 Å². The highest BCUT2D eigenvalue weighted by Crippen LogP contribution is 2.28. The summed E-state index contributed by atoms with van der Waals surface area (Å²) in [7, 11) is 2.14. The largest absolute Gasteiger partial charge is 0.490 e. The van der Waals surface area contributed by atoms with Gasteiger partial charge in [0.25, 0.3) is 11.5 Å². The fourth-order valence-electron chi connectivity index (χ4n) is 5.15. The van der Waals surface area contributed by atoms with E-state index < -0.39 is 0 Å². The Morgan fingerprint density at radius 2 is 1.80 bits per heavy atom. The van der Waals surface area contributed by atoms with E-state index in [9.17, 15) is 9.59 Å². The number of hydrogen-bond acceptors (Lipinski definition) is 7. The number of pyridine rings is 3. The van der Waals surface area contributed by atoms with Crippen LogP contribution in [0.1, 0.15) is 61.1 Å². The van der Waals surface area contributed by atoms with Crippen LogP contribution in [-0.2, 0) is 6.54 Å². The van der Waals surface area contributed by atoms with E-state index in [-0.39, 0.29) is 30.0 Å². The number of nitrogens with zero attached hydrogens (tertiary/aromatic N) is 5. The second-order valence-electron chi connectivity index (χ2n) is 11.3. The van der Waals surface area contributed by atoms with Crippen molar-refractivity contribution in [1.29, 1.82) is 0 Å². The minimum Gasteiger partial charge on any atom is -0.490 e. The normalized spacial score (nSPS) is 14.3. The third kappa shape index (κ3) is 6.12. The summed E-state index contributed by atoms with van der Waals surface area (Å²) < 4.78 is 7.69. The highest BCUT2D eigenvalue weighted by Gasteiger charge is 2.20. The molecular weight excluding hydrogens is 518 g/mol. The van der Waals surface area contributed by atoms with Gasteiger partial charge in [0, 0.05) is 43.6 Å². The average molecular weight is 558 g/mol. The predicted molar refractivity (Wildman–Crippen MR) is 161 cm³/mol. The SMILES string of the molecule is Cc1cc(OC(C)C)c(CNC(=O)c2cc(-c3ccc(N4CCN(C)CC4)nc3)cc3c(C(C)C)ncn23)c(=O)[nH]1. The van der Waals surface area contributed by atoms with Crippen LogP contribution in [-0.4, -0.2) is 69.5 Å². The summed E-state index contributed by atoms with van der Waals surface area (Å²) in [6.07, 6.45) is 3.44. The monoisotopic (exact) mass is 557 g/mol. The van der Waals surface area contributed by atoms with Crippen molar-refractivity contribution in [2.75, 3.05) is 38.1 Å². The van der Waals surface area contributed by atoms with Gasteiger partial charge in [0.2, 0.25) is 0 Å². The van der Waals surface area contributed by atoms with Gasteiger partial charge in [0.15, 0.2) is 0 Å². The van der Waals surface area contributed by atoms with Crippen LogP contribution in [0.25, 0.3) is 16.6 Å². The van der Waals surface area contributed by atoms with E-state index >= 15 is 0 Å². The number of anilines is 1. The molecule has 0 bridgehead atoms. The lowest BCUT2D eigenvalue weighted by Crippen LogP contribution is -2.44. The van der Waals surface area contributed by atoms with E-state index in [4.69, 9.17) is 9.72 Å². The zero-order valence-electron chi connectivity index (χ0n) is 24.7. The molecule has 0 spiro atoms. The number of aromatic amines is 1. The summed E-state index contributed by atoms with van der Waals surface area (Å²) in [5.41, 5.74) is 4.78. The molecule has 5 heterocycles. The molecule has 0 aromatic carbocycles. The van der Waals surface area contributed by atoms with Gasteiger partial charge in [-0.05, 0) is 69.6 Å². The summed E-state index contributed by atoms with van der Waals surface area (Å²) in [6.45, 7) is 13.7. The number of carbonyl (C=O) groups is 1. The summed E-state index contributed by atoms with van der Waals surface area (Å²) in [5, 5.41) is 2.94. The molecule has 216 valence electrons. The molecule has 0 aliphatic carbocycles. The number of piperazine rings is 1. The molecule has 1 aliphatic rings. The zero-order valence-corrected chi connectivity index (χ0v) is 24.7. The average Bonchev–Trinajstić information content (AvgIpc) is 3.36. The van der Waals surface area contributed by atoms with Gasteiger partial charge in [-0.2, -0.15) is 0 Å². The minimum atomic E-state index is -0.318. The van der Waals surface area contributed by atoms with Crippen LogP contribution in [0.5, 0.6) is 5.75 Å². The molecule has 4 aromatic rings. The van der Waals surface area contributed by atoms with Gasteiger partial charge in [-0.25, -0.2) is 9.97 Å². The summed E-state index contributed by atoms with van der Waals surface area (Å²) in [5.74, 6) is 1.28. The van der Waals surface area contributed by atoms with Crippen LogP contribution < -0.4 is 20.5 Å². The quantitative estimate of drug-likeness (QED) is 0.337. The van der Waals surface area contributed by atoms with Crippen LogP contribution in [0.4, 0.5) is 5.82 Å². The van der Waals surface area contributed by atoms with E-state index in [1.807, 2.05) is 36.6 Å². The van der Waals surface area contributed by atoms with Gasteiger partial charge >= 0.3 is 0 Å². The highest BCUT2D eigenvalue weighted by molar-refractivity contribution is 5.95. The lowest BCUT2D eigenvalue weighted by molar-refractivity contribution is 0.0944. The van der Waals surface area contributed by atoms with E-state index in [0.29, 0.717) is 22.7 Å². The van der Waals surface area contributed by atoms with Gasteiger partial charge in [0.05, 0.1) is 29.4 Å². The van der Waals surface area contributed by atoms with Crippen molar-refractivity contribution in [1.82, 2.24) is 29.6 Å². The fourth-order valence-corrected chi connectivity index (χ4v) is 5.15. The highest BCUT2D eigenvalue weighted by atomic mass is 16.5. The Balaban J connectivity index is 1.47. The first kappa shape index (κ1) is 28.4. The van der Waals surface area contributed by atoms with Gasteiger partial charge in [-0.1, -0.05) is 13.8 Å². The number of imidazole rings is 1. The van der Waals surface area contributed by atoms with Crippen molar-refractivity contribution in [2.24, 2.45) is 0 Å². The maximum absolute atomic E-state index is 13.7. The maximum Gasteiger partial charge on any atom is 0.268 e. The molecule has 0 radical (unpaired) electrons. The van der Waals surface area contributed by atoms with Crippen LogP contribution in [0.15, 0.2) is 47.7 Å². The van der Waals surface area contributed by atoms with Crippen molar-refractivity contribution in [2.45, 2.75) is 53.2 Å². The third-order valence-corrected chi connectivity index (χ3v) is 7.38. The molecule has 1 aliphatic heterocycles. The summed E-state index contributed by atoms with van der Waals surface area (Å²) in [4.78, 5) is 43.2. The number of H-pyrrole nitrogens is 1. The molecule has 5 rings (SSSR count). The summed E-state index contributed by atoms with van der Waals surface area (Å²) in [6, 6.07) is 9.80. The first-order valence-electron chi connectivity index (χ1n) is 14.2. The van der Waals surface area contributed by atoms with Gasteiger partial charge < -0.3 is 24.8 Å². The minimum absolute atomic E-state index is 0.0230. The van der Waals surface area contributed by atoms with E-state index in [1.165, 1.54) is 0 Å². The molecular formula is C31H39N7O3. The number of ether oxygens (including phenoxy) is 1. The fraction of sp³-hybridized carbons (Fsp3) is 0.419. The lowest BCUT2D eigenvalue weighted by Gasteiger charge is -2.33. The first-order valence-corrected chi connectivity index (χ1v) is 14.2. The number of aromatic nitrogens is 4. The molecule has 1 amide bonds. The maximum atomic E-state index is 13.7. The first-order chi connectivity index (χ1) is 19.6. The Kier molecular flexibility index (Phi) is 8.12. The number of likely N-dealkylation sites (N-methyl/N-ethyl adjacent to an activating group) is 1. The van der Waals surface area contributed by atoms with Crippen LogP contribution in [0.3, 0.4) is 0 Å². The standard InChI is InChI=1S/C31H39N7O3/c1-19(2)29-25-14-23(22-7-8-28(32-16-22)37-11-9-36(6)10-12-37)15-26(38(25)18-34-29)31(40)33-17-24-27(41-20(3)4)13-21(5)35-30(24)39/h7-8,13-16,18-20H,9-12,17H2,1-6H3,(H,33,40)(H,35,39). The zero-order chi connectivity index (χ0) is 29.3. The molecule has 1 fully saturated rings. The smallest absolute Gasteiger partial charge is 0.268 e. The topological polar surface area (TPSA) is 108 Å². The van der Waals surface area contributed by atoms with E-state index in [2.05, 4.69) is 58.1 Å². The van der Waals surface area contributed by atoms with Gasteiger partial charge in [-0.15, -0.1) is 0 Å². The van der Waals surface area contributed by atoms with E-state index in [1.54, 1.807) is 19.3 Å². The number of fused-ring (bicyclic) bond motifs is 1. The third-order valence-electron chi connectivity index (χ3n) is 7.38. The molecule has 10 heteroatoms. The molecule has 2 N–H and O–H groups in total. The number of aryl methyl sites for hydroxylation is 1. The number of nitrogens with one attached hydrogen (secondary N) is 2. The Morgan fingerprint density at radius 3 is 2.46 bits per heavy atom. The molecule has 0 unspecified atom stereocenters. The lowest BCUT2D eigenvalue weighted by atomic mass is 10.0. The van der Waals surface area contributed by atoms with Crippen molar-refractivity contribution in [3.63, 3.8) is 0 Å². The number of amides is 1. The number of carbonyl (C=O) groups excluding carboxylic acids is 1. The van der Waals surface area contributed by atoms with Crippen LogP contribution in [0, 0.1) is 6.92 Å². The number of hydrogen-bond donors (Lipinski definition) is 2. The molecule has 1 saturated heterocycles. The van der Waals surface area contributed by atoms with Crippen molar-refractivity contribution < 1.29 is 9.53 Å². The van der Waals surface area contributed by atoms with E-state index in [0.717, 1.165) is 54.3 Å². The van der Waals surface area contributed by atoms with Crippen molar-refractivity contribution >= 4 is 17.2 Å². The second kappa shape index (κ2) is 11.7. The predicted octanol–water partition coefficient (Wildman–Crippen LogP) is 3.99. The summed E-state index contributed by atoms with van der Waals surface area (Å²) >= 11 is 0. The molecule has 10 nitrogen and oxygen atoms in total.